The Bertz CT molecular complexity index is 231. The average molecular weight is 177 g/mol. The summed E-state index contributed by atoms with van der Waals surface area (Å²) in [6, 6.07) is 0. The first-order valence-electron chi connectivity index (χ1n) is 3.89. The van der Waals surface area contributed by atoms with E-state index >= 15 is 0 Å². The number of fused-ring (bicyclic) bond motifs is 1. The van der Waals surface area contributed by atoms with E-state index in [0.717, 1.165) is 4.90 Å². The van der Waals surface area contributed by atoms with Gasteiger partial charge in [-0.2, -0.15) is 0 Å². The Kier molecular flexibility index (Phi) is 1.35. The molecule has 0 aromatic carbocycles. The molecule has 1 heterocycles. The number of alkyl halides is 2. The van der Waals surface area contributed by atoms with Gasteiger partial charge in [-0.15, -0.1) is 0 Å². The van der Waals surface area contributed by atoms with Crippen molar-refractivity contribution in [1.82, 2.24) is 4.90 Å². The zero-order valence-electron chi connectivity index (χ0n) is 6.33. The van der Waals surface area contributed by atoms with Crippen molar-refractivity contribution in [3.05, 3.63) is 0 Å². The van der Waals surface area contributed by atoms with E-state index in [-0.39, 0.29) is 13.1 Å². The van der Waals surface area contributed by atoms with E-state index in [1.54, 1.807) is 0 Å². The molecule has 2 unspecified atom stereocenters. The SMILES string of the molecule is O=C(O)N1CCC2C(C1)C2(F)F. The van der Waals surface area contributed by atoms with Crippen molar-refractivity contribution in [1.29, 1.82) is 0 Å². The number of likely N-dealkylation sites (tertiary alicyclic amines) is 1. The maximum atomic E-state index is 12.7. The molecule has 0 spiro atoms. The Labute approximate surface area is 68.0 Å². The van der Waals surface area contributed by atoms with Crippen molar-refractivity contribution in [3.63, 3.8) is 0 Å². The fourth-order valence-electron chi connectivity index (χ4n) is 1.90. The lowest BCUT2D eigenvalue weighted by molar-refractivity contribution is 0.0843. The van der Waals surface area contributed by atoms with Gasteiger partial charge in [0.05, 0.1) is 0 Å². The van der Waals surface area contributed by atoms with E-state index in [9.17, 15) is 13.6 Å². The van der Waals surface area contributed by atoms with Gasteiger partial charge in [0.15, 0.2) is 0 Å². The summed E-state index contributed by atoms with van der Waals surface area (Å²) in [4.78, 5) is 11.5. The molecule has 2 rings (SSSR count). The fourth-order valence-corrected chi connectivity index (χ4v) is 1.90. The second kappa shape index (κ2) is 2.08. The Balaban J connectivity index is 2.01. The van der Waals surface area contributed by atoms with E-state index in [4.69, 9.17) is 5.11 Å². The molecule has 68 valence electrons. The van der Waals surface area contributed by atoms with Crippen LogP contribution in [0, 0.1) is 11.8 Å². The molecule has 5 heteroatoms. The molecule has 1 aliphatic carbocycles. The number of hydrogen-bond donors (Lipinski definition) is 1. The first-order valence-corrected chi connectivity index (χ1v) is 3.89. The van der Waals surface area contributed by atoms with E-state index in [1.165, 1.54) is 0 Å². The largest absolute Gasteiger partial charge is 0.465 e. The first-order chi connectivity index (χ1) is 5.53. The lowest BCUT2D eigenvalue weighted by atomic mass is 10.1. The predicted octanol–water partition coefficient (Wildman–Crippen LogP) is 1.25. The molecule has 1 N–H and O–H groups in total. The van der Waals surface area contributed by atoms with Crippen LogP contribution in [0.4, 0.5) is 13.6 Å². The van der Waals surface area contributed by atoms with Gasteiger partial charge in [-0.05, 0) is 6.42 Å². The highest BCUT2D eigenvalue weighted by molar-refractivity contribution is 5.65. The van der Waals surface area contributed by atoms with Gasteiger partial charge < -0.3 is 10.0 Å². The number of carbonyl (C=O) groups is 1. The number of nitrogens with zero attached hydrogens (tertiary/aromatic N) is 1. The van der Waals surface area contributed by atoms with E-state index in [2.05, 4.69) is 0 Å². The Morgan fingerprint density at radius 1 is 1.50 bits per heavy atom. The minimum atomic E-state index is -2.59. The molecule has 1 saturated carbocycles. The molecule has 0 aromatic rings. The van der Waals surface area contributed by atoms with Crippen LogP contribution in [0.1, 0.15) is 6.42 Å². The third kappa shape index (κ3) is 0.884. The fraction of sp³-hybridized carbons (Fsp3) is 0.857. The highest BCUT2D eigenvalue weighted by Crippen LogP contribution is 2.58. The van der Waals surface area contributed by atoms with Crippen LogP contribution < -0.4 is 0 Å². The topological polar surface area (TPSA) is 40.5 Å². The molecule has 2 fully saturated rings. The number of hydrogen-bond acceptors (Lipinski definition) is 1. The Hall–Kier alpha value is -0.870. The predicted molar refractivity (Wildman–Crippen MR) is 36.1 cm³/mol. The van der Waals surface area contributed by atoms with Crippen LogP contribution in [0.3, 0.4) is 0 Å². The van der Waals surface area contributed by atoms with Gasteiger partial charge in [0, 0.05) is 24.9 Å². The molecule has 0 bridgehead atoms. The average Bonchev–Trinajstić information content (AvgIpc) is 2.55. The van der Waals surface area contributed by atoms with Crippen molar-refractivity contribution in [2.75, 3.05) is 13.1 Å². The van der Waals surface area contributed by atoms with Gasteiger partial charge in [0.25, 0.3) is 5.92 Å². The number of carboxylic acid groups (broad SMARTS) is 1. The summed E-state index contributed by atoms with van der Waals surface area (Å²) in [6.07, 6.45) is -0.777. The summed E-state index contributed by atoms with van der Waals surface area (Å²) in [5.74, 6) is -3.85. The summed E-state index contributed by atoms with van der Waals surface area (Å²) < 4.78 is 25.4. The van der Waals surface area contributed by atoms with Crippen LogP contribution in [0.5, 0.6) is 0 Å². The molecule has 0 aromatic heterocycles. The van der Waals surface area contributed by atoms with E-state index in [0.29, 0.717) is 6.42 Å². The monoisotopic (exact) mass is 177 g/mol. The smallest absolute Gasteiger partial charge is 0.407 e. The number of amides is 1. The van der Waals surface area contributed by atoms with Crippen LogP contribution in [0.15, 0.2) is 0 Å². The number of piperidine rings is 1. The van der Waals surface area contributed by atoms with Crippen molar-refractivity contribution in [2.24, 2.45) is 11.8 Å². The number of halogens is 2. The number of rotatable bonds is 0. The van der Waals surface area contributed by atoms with Gasteiger partial charge >= 0.3 is 6.09 Å². The second-order valence-corrected chi connectivity index (χ2v) is 3.40. The normalized spacial score (nSPS) is 37.3. The molecule has 1 aliphatic heterocycles. The molecule has 0 radical (unpaired) electrons. The summed E-state index contributed by atoms with van der Waals surface area (Å²) in [5.41, 5.74) is 0. The maximum absolute atomic E-state index is 12.7. The van der Waals surface area contributed by atoms with Crippen LogP contribution in [0.25, 0.3) is 0 Å². The molecular formula is C7H9F2NO2. The molecule has 2 aliphatic rings. The van der Waals surface area contributed by atoms with Crippen LogP contribution >= 0.6 is 0 Å². The molecule has 3 nitrogen and oxygen atoms in total. The Morgan fingerprint density at radius 2 is 2.17 bits per heavy atom. The van der Waals surface area contributed by atoms with E-state index in [1.807, 2.05) is 0 Å². The van der Waals surface area contributed by atoms with Crippen LogP contribution in [0.2, 0.25) is 0 Å². The third-order valence-electron chi connectivity index (χ3n) is 2.76. The highest BCUT2D eigenvalue weighted by atomic mass is 19.3. The van der Waals surface area contributed by atoms with Crippen molar-refractivity contribution >= 4 is 6.09 Å². The molecule has 1 saturated heterocycles. The summed E-state index contributed by atoms with van der Waals surface area (Å²) in [5, 5.41) is 8.53. The van der Waals surface area contributed by atoms with Gasteiger partial charge in [-0.1, -0.05) is 0 Å². The molecule has 2 atom stereocenters. The van der Waals surface area contributed by atoms with Crippen LogP contribution in [-0.2, 0) is 0 Å². The highest BCUT2D eigenvalue weighted by Gasteiger charge is 2.69. The van der Waals surface area contributed by atoms with Gasteiger partial charge in [0.2, 0.25) is 0 Å². The minimum Gasteiger partial charge on any atom is -0.465 e. The van der Waals surface area contributed by atoms with Crippen molar-refractivity contribution < 1.29 is 18.7 Å². The first kappa shape index (κ1) is 7.76. The molecule has 1 amide bonds. The third-order valence-corrected chi connectivity index (χ3v) is 2.76. The zero-order chi connectivity index (χ0) is 8.93. The van der Waals surface area contributed by atoms with Crippen LogP contribution in [-0.4, -0.2) is 35.1 Å². The molecule has 12 heavy (non-hydrogen) atoms. The zero-order valence-corrected chi connectivity index (χ0v) is 6.33. The molecular weight excluding hydrogens is 168 g/mol. The summed E-state index contributed by atoms with van der Waals surface area (Å²) >= 11 is 0. The van der Waals surface area contributed by atoms with Gasteiger partial charge in [-0.25, -0.2) is 13.6 Å². The van der Waals surface area contributed by atoms with Crippen molar-refractivity contribution in [3.8, 4) is 0 Å². The quantitative estimate of drug-likeness (QED) is 0.605. The lowest BCUT2D eigenvalue weighted by Gasteiger charge is -2.21. The van der Waals surface area contributed by atoms with Crippen molar-refractivity contribution in [2.45, 2.75) is 12.3 Å². The maximum Gasteiger partial charge on any atom is 0.407 e. The standard InChI is InChI=1S/C7H9F2NO2/c8-7(9)4-1-2-10(6(11)12)3-5(4)7/h4-5H,1-3H2,(H,11,12). The second-order valence-electron chi connectivity index (χ2n) is 3.40. The summed E-state index contributed by atoms with van der Waals surface area (Å²) in [6.45, 7) is 0.263. The van der Waals surface area contributed by atoms with E-state index < -0.39 is 23.9 Å². The minimum absolute atomic E-state index is 0.00694. The summed E-state index contributed by atoms with van der Waals surface area (Å²) in [7, 11) is 0. The lowest BCUT2D eigenvalue weighted by Crippen LogP contribution is -2.35. The van der Waals surface area contributed by atoms with Gasteiger partial charge in [-0.3, -0.25) is 0 Å². The van der Waals surface area contributed by atoms with Gasteiger partial charge in [0.1, 0.15) is 0 Å². The Morgan fingerprint density at radius 3 is 2.67 bits per heavy atom.